The van der Waals surface area contributed by atoms with Crippen molar-refractivity contribution in [2.24, 2.45) is 11.3 Å². The fourth-order valence-corrected chi connectivity index (χ4v) is 6.09. The first kappa shape index (κ1) is 14.6. The van der Waals surface area contributed by atoms with Gasteiger partial charge >= 0.3 is 0 Å². The molecule has 1 heterocycles. The number of benzene rings is 1. The lowest BCUT2D eigenvalue weighted by Gasteiger charge is -2.53. The number of aromatic hydroxyl groups is 1. The first-order chi connectivity index (χ1) is 10.4. The molecule has 0 aromatic heterocycles. The van der Waals surface area contributed by atoms with Crippen molar-refractivity contribution in [3.8, 4) is 5.75 Å². The summed E-state index contributed by atoms with van der Waals surface area (Å²) in [7, 11) is 0. The van der Waals surface area contributed by atoms with E-state index in [-0.39, 0.29) is 5.41 Å². The van der Waals surface area contributed by atoms with Crippen molar-refractivity contribution >= 4 is 0 Å². The standard InChI is InChI=1S/C20H28O2/c1-12(2)17-13-10-16-18-19(3,11-22-16)8-5-9-20(18,4)14(13)6-7-15(17)21/h6-7,12,16,18,21H,5,8-11H2,1-4H3/t16-,18?,19-,20+/m0/s1. The third-order valence-electron chi connectivity index (χ3n) is 6.81. The highest BCUT2D eigenvalue weighted by Crippen LogP contribution is 2.61. The van der Waals surface area contributed by atoms with Gasteiger partial charge in [-0.15, -0.1) is 0 Å². The molecule has 2 nitrogen and oxygen atoms in total. The first-order valence-electron chi connectivity index (χ1n) is 8.84. The van der Waals surface area contributed by atoms with E-state index in [0.717, 1.165) is 18.6 Å². The molecule has 4 atom stereocenters. The highest BCUT2D eigenvalue weighted by atomic mass is 16.5. The van der Waals surface area contributed by atoms with Crippen molar-refractivity contribution in [3.05, 3.63) is 28.8 Å². The van der Waals surface area contributed by atoms with Crippen LogP contribution < -0.4 is 0 Å². The lowest BCUT2D eigenvalue weighted by atomic mass is 9.50. The van der Waals surface area contributed by atoms with Crippen LogP contribution in [0.5, 0.6) is 5.75 Å². The van der Waals surface area contributed by atoms with Crippen LogP contribution in [0.4, 0.5) is 0 Å². The van der Waals surface area contributed by atoms with Gasteiger partial charge in [0.15, 0.2) is 0 Å². The molecule has 1 aliphatic heterocycles. The van der Waals surface area contributed by atoms with Gasteiger partial charge in [0.1, 0.15) is 5.75 Å². The van der Waals surface area contributed by atoms with Crippen molar-refractivity contribution in [1.29, 1.82) is 0 Å². The molecule has 22 heavy (non-hydrogen) atoms. The molecule has 0 radical (unpaired) electrons. The number of hydrogen-bond donors (Lipinski definition) is 1. The average Bonchev–Trinajstić information content (AvgIpc) is 2.77. The second-order valence-electron chi connectivity index (χ2n) is 8.64. The van der Waals surface area contributed by atoms with Crippen molar-refractivity contribution in [2.75, 3.05) is 6.61 Å². The molecule has 0 amide bonds. The summed E-state index contributed by atoms with van der Waals surface area (Å²) in [6.45, 7) is 10.2. The quantitative estimate of drug-likeness (QED) is 0.825. The van der Waals surface area contributed by atoms with Gasteiger partial charge in [0.05, 0.1) is 12.7 Å². The van der Waals surface area contributed by atoms with Crippen LogP contribution in [0.25, 0.3) is 0 Å². The van der Waals surface area contributed by atoms with Crippen LogP contribution in [0.15, 0.2) is 12.1 Å². The van der Waals surface area contributed by atoms with E-state index in [9.17, 15) is 5.11 Å². The van der Waals surface area contributed by atoms with Gasteiger partial charge in [-0.3, -0.25) is 0 Å². The van der Waals surface area contributed by atoms with Gasteiger partial charge in [-0.25, -0.2) is 0 Å². The zero-order valence-corrected chi connectivity index (χ0v) is 14.3. The van der Waals surface area contributed by atoms with Gasteiger partial charge in [-0.1, -0.05) is 40.2 Å². The minimum atomic E-state index is 0.207. The molecule has 1 aromatic rings. The summed E-state index contributed by atoms with van der Waals surface area (Å²) >= 11 is 0. The smallest absolute Gasteiger partial charge is 0.119 e. The van der Waals surface area contributed by atoms with Crippen LogP contribution in [0.2, 0.25) is 0 Å². The molecule has 2 aliphatic carbocycles. The lowest BCUT2D eigenvalue weighted by Crippen LogP contribution is -2.52. The summed E-state index contributed by atoms with van der Waals surface area (Å²) < 4.78 is 6.29. The van der Waals surface area contributed by atoms with Crippen molar-refractivity contribution in [1.82, 2.24) is 0 Å². The molecule has 2 fully saturated rings. The molecule has 0 spiro atoms. The minimum Gasteiger partial charge on any atom is -0.508 e. The molecule has 3 aliphatic rings. The molecular formula is C20H28O2. The Morgan fingerprint density at radius 1 is 1.23 bits per heavy atom. The number of phenols is 1. The second-order valence-corrected chi connectivity index (χ2v) is 8.64. The number of phenolic OH excluding ortho intramolecular Hbond substituents is 1. The minimum absolute atomic E-state index is 0.207. The normalized spacial score (nSPS) is 39.7. The average molecular weight is 300 g/mol. The Balaban J connectivity index is 1.94. The SMILES string of the molecule is CC(C)c1c(O)ccc2c1C[C@@H]1OC[C@]3(C)CCC[C@@]2(C)C13. The van der Waals surface area contributed by atoms with Crippen LogP contribution in [0, 0.1) is 11.3 Å². The Bertz CT molecular complexity index is 620. The van der Waals surface area contributed by atoms with Crippen molar-refractivity contribution < 1.29 is 9.84 Å². The van der Waals surface area contributed by atoms with E-state index in [1.54, 1.807) is 0 Å². The summed E-state index contributed by atoms with van der Waals surface area (Å²) in [5.74, 6) is 1.45. The summed E-state index contributed by atoms with van der Waals surface area (Å²) in [6.07, 6.45) is 5.16. The maximum absolute atomic E-state index is 10.4. The zero-order valence-electron chi connectivity index (χ0n) is 14.3. The summed E-state index contributed by atoms with van der Waals surface area (Å²) in [5.41, 5.74) is 4.57. The lowest BCUT2D eigenvalue weighted by molar-refractivity contribution is 0.0370. The maximum Gasteiger partial charge on any atom is 0.119 e. The largest absolute Gasteiger partial charge is 0.508 e. The zero-order chi connectivity index (χ0) is 15.7. The molecule has 1 saturated carbocycles. The van der Waals surface area contributed by atoms with E-state index in [1.807, 2.05) is 6.07 Å². The summed E-state index contributed by atoms with van der Waals surface area (Å²) in [4.78, 5) is 0. The number of ether oxygens (including phenoxy) is 1. The molecule has 120 valence electrons. The number of rotatable bonds is 1. The fourth-order valence-electron chi connectivity index (χ4n) is 6.09. The first-order valence-corrected chi connectivity index (χ1v) is 8.84. The van der Waals surface area contributed by atoms with Crippen LogP contribution in [-0.4, -0.2) is 17.8 Å². The van der Waals surface area contributed by atoms with E-state index in [2.05, 4.69) is 33.8 Å². The van der Waals surface area contributed by atoms with Gasteiger partial charge in [-0.2, -0.15) is 0 Å². The Morgan fingerprint density at radius 3 is 2.73 bits per heavy atom. The van der Waals surface area contributed by atoms with Crippen LogP contribution >= 0.6 is 0 Å². The highest BCUT2D eigenvalue weighted by molar-refractivity contribution is 5.52. The molecule has 0 bridgehead atoms. The highest BCUT2D eigenvalue weighted by Gasteiger charge is 2.59. The second kappa shape index (κ2) is 4.50. The van der Waals surface area contributed by atoms with Crippen LogP contribution in [-0.2, 0) is 16.6 Å². The summed E-state index contributed by atoms with van der Waals surface area (Å²) in [5, 5.41) is 10.4. The molecule has 1 N–H and O–H groups in total. The van der Waals surface area contributed by atoms with Crippen LogP contribution in [0.1, 0.15) is 69.6 Å². The molecule has 1 saturated heterocycles. The van der Waals surface area contributed by atoms with Gasteiger partial charge in [0, 0.05) is 5.92 Å². The number of fused-ring (bicyclic) bond motifs is 2. The fraction of sp³-hybridized carbons (Fsp3) is 0.700. The third-order valence-corrected chi connectivity index (χ3v) is 6.81. The van der Waals surface area contributed by atoms with Gasteiger partial charge in [0.2, 0.25) is 0 Å². The van der Waals surface area contributed by atoms with Crippen molar-refractivity contribution in [3.63, 3.8) is 0 Å². The molecule has 2 heteroatoms. The van der Waals surface area contributed by atoms with E-state index in [4.69, 9.17) is 4.74 Å². The maximum atomic E-state index is 10.4. The molecule has 4 rings (SSSR count). The van der Waals surface area contributed by atoms with Crippen LogP contribution in [0.3, 0.4) is 0 Å². The van der Waals surface area contributed by atoms with Crippen molar-refractivity contribution in [2.45, 2.75) is 70.8 Å². The number of hydrogen-bond acceptors (Lipinski definition) is 2. The third kappa shape index (κ3) is 1.71. The van der Waals surface area contributed by atoms with Gasteiger partial charge in [0.25, 0.3) is 0 Å². The molecule has 1 aromatic carbocycles. The molecule has 1 unspecified atom stereocenters. The molecular weight excluding hydrogens is 272 g/mol. The van der Waals surface area contributed by atoms with E-state index in [0.29, 0.717) is 29.1 Å². The Hall–Kier alpha value is -1.02. The predicted molar refractivity (Wildman–Crippen MR) is 88.4 cm³/mol. The van der Waals surface area contributed by atoms with E-state index >= 15 is 0 Å². The van der Waals surface area contributed by atoms with Gasteiger partial charge in [-0.05, 0) is 58.8 Å². The van der Waals surface area contributed by atoms with E-state index < -0.39 is 0 Å². The topological polar surface area (TPSA) is 29.5 Å². The Morgan fingerprint density at radius 2 is 2.00 bits per heavy atom. The Kier molecular flexibility index (Phi) is 2.98. The summed E-state index contributed by atoms with van der Waals surface area (Å²) in [6, 6.07) is 4.14. The van der Waals surface area contributed by atoms with Gasteiger partial charge < -0.3 is 9.84 Å². The monoisotopic (exact) mass is 300 g/mol. The predicted octanol–water partition coefficient (Wildman–Crippen LogP) is 4.53. The Labute approximate surface area is 133 Å². The van der Waals surface area contributed by atoms with E-state index in [1.165, 1.54) is 30.4 Å².